The van der Waals surface area contributed by atoms with Crippen LogP contribution in [0.4, 0.5) is 79.6 Å². The minimum absolute atomic E-state index is 0.144. The number of imide groups is 5. The highest BCUT2D eigenvalue weighted by Gasteiger charge is 2.34. The highest BCUT2D eigenvalue weighted by atomic mass is 16.5. The van der Waals surface area contributed by atoms with Crippen LogP contribution in [0.1, 0.15) is 0 Å². The van der Waals surface area contributed by atoms with E-state index in [1.165, 1.54) is 60.8 Å². The van der Waals surface area contributed by atoms with Crippen molar-refractivity contribution in [2.45, 2.75) is 0 Å². The fourth-order valence-electron chi connectivity index (χ4n) is 12.5. The van der Waals surface area contributed by atoms with Crippen molar-refractivity contribution in [3.05, 3.63) is 343 Å². The number of carbonyl (C=O) groups is 10. The van der Waals surface area contributed by atoms with Gasteiger partial charge >= 0.3 is 0 Å². The Balaban J connectivity index is 0.000000161. The molecular weight excluding hydrogens is 1470 g/mol. The third kappa shape index (κ3) is 17.9. The van der Waals surface area contributed by atoms with Gasteiger partial charge in [-0.1, -0.05) is 112 Å². The lowest BCUT2D eigenvalue weighted by Gasteiger charge is -2.30. The highest BCUT2D eigenvalue weighted by molar-refractivity contribution is 6.31. The van der Waals surface area contributed by atoms with Crippen molar-refractivity contribution in [1.29, 1.82) is 0 Å². The summed E-state index contributed by atoms with van der Waals surface area (Å²) in [5.41, 5.74) is 8.43. The molecule has 24 heteroatoms. The number of ether oxygens (including phenoxy) is 6. The van der Waals surface area contributed by atoms with Crippen LogP contribution in [0.3, 0.4) is 0 Å². The number of anilines is 14. The molecule has 0 atom stereocenters. The van der Waals surface area contributed by atoms with Gasteiger partial charge in [0.2, 0.25) is 0 Å². The first-order valence-electron chi connectivity index (χ1n) is 36.1. The van der Waals surface area contributed by atoms with E-state index in [1.54, 1.807) is 121 Å². The van der Waals surface area contributed by atoms with Crippen LogP contribution >= 0.6 is 0 Å². The molecule has 0 radical (unpaired) electrons. The van der Waals surface area contributed by atoms with Crippen LogP contribution in [0.15, 0.2) is 343 Å². The molecule has 5 aliphatic heterocycles. The lowest BCUT2D eigenvalue weighted by molar-refractivity contribution is -0.121. The molecule has 10 amide bonds. The number of hydrogen-bond donors (Lipinski definition) is 0. The van der Waals surface area contributed by atoms with E-state index in [2.05, 4.69) is 44.4 Å². The number of rotatable bonds is 32. The molecule has 0 unspecified atom stereocenters. The number of hydrogen-bond acceptors (Lipinski definition) is 19. The summed E-state index contributed by atoms with van der Waals surface area (Å²) in [6.07, 6.45) is 21.9. The first-order chi connectivity index (χ1) is 56.4. The second-order valence-corrected chi connectivity index (χ2v) is 25.1. The van der Waals surface area contributed by atoms with Gasteiger partial charge in [-0.15, -0.1) is 0 Å². The Morgan fingerprint density at radius 3 is 0.810 bits per heavy atom. The van der Waals surface area contributed by atoms with Crippen molar-refractivity contribution >= 4 is 139 Å². The molecular formula is C92H74N8O16. The number of para-hydroxylation sites is 2. The molecule has 0 spiro atoms. The molecule has 0 bridgehead atoms. The first kappa shape index (κ1) is 79.6. The Morgan fingerprint density at radius 1 is 0.233 bits per heavy atom. The van der Waals surface area contributed by atoms with Crippen LogP contribution in [0.5, 0.6) is 34.5 Å². The van der Waals surface area contributed by atoms with Crippen LogP contribution in [0, 0.1) is 0 Å². The molecule has 0 N–H and O–H groups in total. The van der Waals surface area contributed by atoms with Crippen LogP contribution in [0.25, 0.3) is 0 Å². The van der Waals surface area contributed by atoms with Gasteiger partial charge < -0.3 is 43.1 Å². The summed E-state index contributed by atoms with van der Waals surface area (Å²) >= 11 is 0. The van der Waals surface area contributed by atoms with E-state index in [1.807, 2.05) is 131 Å². The van der Waals surface area contributed by atoms with E-state index in [0.717, 1.165) is 64.4 Å². The summed E-state index contributed by atoms with van der Waals surface area (Å²) < 4.78 is 35.1. The van der Waals surface area contributed by atoms with Crippen LogP contribution < -0.4 is 67.6 Å². The predicted molar refractivity (Wildman–Crippen MR) is 446 cm³/mol. The first-order valence-corrected chi connectivity index (χ1v) is 36.1. The Hall–Kier alpha value is -16.0. The Labute approximate surface area is 668 Å². The summed E-state index contributed by atoms with van der Waals surface area (Å²) in [5, 5.41) is 0. The zero-order valence-electron chi connectivity index (χ0n) is 62.5. The largest absolute Gasteiger partial charge is 0.490 e. The molecule has 14 rings (SSSR count). The van der Waals surface area contributed by atoms with Gasteiger partial charge in [0.15, 0.2) is 0 Å². The maximum atomic E-state index is 12.4. The van der Waals surface area contributed by atoms with Gasteiger partial charge in [0.1, 0.15) is 74.1 Å². The van der Waals surface area contributed by atoms with Crippen LogP contribution in [-0.4, -0.2) is 98.7 Å². The molecule has 24 nitrogen and oxygen atoms in total. The van der Waals surface area contributed by atoms with Crippen LogP contribution in [0.2, 0.25) is 0 Å². The SMILES string of the molecule is C=CCOc1cc(N(c2ccccc2)c2ccc(N3C(=O)C=CC3=O)c(OCC=C)c2)ccc1N1C(=O)C=CC1=O.C=CCOc1cc(N2C(=O)C=CC2=O)ccc1N(c1ccccc1)c1ccc(N2C(=O)C=CC2=O)cc1OCC=C.C=CCOc1ccc(N(c2ccc(OCC=C)cc2)c2ccc(N3C(=O)C=CC3=O)cc2)cc1. The van der Waals surface area contributed by atoms with Gasteiger partial charge in [0, 0.05) is 125 Å². The Kier molecular flexibility index (Phi) is 25.5. The summed E-state index contributed by atoms with van der Waals surface area (Å²) in [6.45, 7) is 23.7. The number of carbonyl (C=O) groups excluding carboxylic acids is 10. The van der Waals surface area contributed by atoms with Crippen molar-refractivity contribution in [2.75, 3.05) is 78.8 Å². The van der Waals surface area contributed by atoms with Gasteiger partial charge in [0.05, 0.1) is 39.8 Å². The van der Waals surface area contributed by atoms with Crippen molar-refractivity contribution in [2.24, 2.45) is 0 Å². The number of benzene rings is 9. The Morgan fingerprint density at radius 2 is 0.483 bits per heavy atom. The molecule has 116 heavy (non-hydrogen) atoms. The van der Waals surface area contributed by atoms with Crippen molar-refractivity contribution in [3.8, 4) is 34.5 Å². The molecule has 0 saturated carbocycles. The number of nitrogens with zero attached hydrogens (tertiary/aromatic N) is 8. The maximum Gasteiger partial charge on any atom is 0.258 e. The molecule has 5 heterocycles. The molecule has 9 aromatic rings. The molecule has 0 aliphatic carbocycles. The van der Waals surface area contributed by atoms with E-state index < -0.39 is 47.3 Å². The molecule has 0 aromatic heterocycles. The van der Waals surface area contributed by atoms with Gasteiger partial charge in [-0.25, -0.2) is 24.5 Å². The Bertz CT molecular complexity index is 5190. The lowest BCUT2D eigenvalue weighted by atomic mass is 10.1. The standard InChI is InChI=1S/2C32H25N3O6.C28H24N2O4/c1-3-18-40-27-20-23(34-29(36)14-15-30(34)37)10-12-25(27)33(22-8-6-5-7-9-22)26-13-11-24(21-28(26)41-19-4-2)35-31(38)16-17-32(35)39;1-3-18-40-27-20-23(10-12-25(27)34-29(36)14-15-30(34)37)33(22-8-6-5-7-9-22)24-11-13-26(28(21-24)41-19-4-2)35-31(38)16-17-32(35)39;1-3-19-33-25-13-9-22(10-14-25)29(23-11-15-26(16-12-23)34-20-4-2)21-5-7-24(8-6-21)30-27(31)17-18-28(30)32/h2*3-17,20-21H,1-2,18-19H2;3-18H,1-2,19-20H2. The van der Waals surface area contributed by atoms with E-state index >= 15 is 0 Å². The second kappa shape index (κ2) is 37.2. The summed E-state index contributed by atoms with van der Waals surface area (Å²) in [5.74, 6) is -1.55. The number of amides is 10. The van der Waals surface area contributed by atoms with Gasteiger partial charge in [-0.05, 0) is 146 Å². The minimum Gasteiger partial charge on any atom is -0.490 e. The van der Waals surface area contributed by atoms with E-state index in [4.69, 9.17) is 28.4 Å². The zero-order chi connectivity index (χ0) is 81.8. The van der Waals surface area contributed by atoms with E-state index in [0.29, 0.717) is 87.4 Å². The summed E-state index contributed by atoms with van der Waals surface area (Å²) in [6, 6.07) is 61.9. The van der Waals surface area contributed by atoms with E-state index in [-0.39, 0.29) is 38.2 Å². The predicted octanol–water partition coefficient (Wildman–Crippen LogP) is 16.0. The van der Waals surface area contributed by atoms with Gasteiger partial charge in [-0.3, -0.25) is 47.9 Å². The summed E-state index contributed by atoms with van der Waals surface area (Å²) in [7, 11) is 0. The average Bonchev–Trinajstić information content (AvgIpc) is 0.912. The third-order valence-electron chi connectivity index (χ3n) is 17.6. The zero-order valence-corrected chi connectivity index (χ0v) is 62.5. The van der Waals surface area contributed by atoms with Crippen molar-refractivity contribution in [3.63, 3.8) is 0 Å². The smallest absolute Gasteiger partial charge is 0.258 e. The van der Waals surface area contributed by atoms with E-state index in [9.17, 15) is 47.9 Å². The maximum absolute atomic E-state index is 12.4. The lowest BCUT2D eigenvalue weighted by Crippen LogP contribution is -2.30. The molecule has 0 fully saturated rings. The molecule has 9 aromatic carbocycles. The van der Waals surface area contributed by atoms with Gasteiger partial charge in [-0.2, -0.15) is 0 Å². The molecule has 5 aliphatic rings. The normalized spacial score (nSPS) is 13.7. The van der Waals surface area contributed by atoms with Crippen LogP contribution in [-0.2, 0) is 47.9 Å². The fourth-order valence-corrected chi connectivity index (χ4v) is 12.5. The van der Waals surface area contributed by atoms with Crippen molar-refractivity contribution < 1.29 is 76.4 Å². The molecule has 578 valence electrons. The molecule has 0 saturated heterocycles. The quantitative estimate of drug-likeness (QED) is 0.0280. The van der Waals surface area contributed by atoms with Crippen molar-refractivity contribution in [1.82, 2.24) is 0 Å². The third-order valence-corrected chi connectivity index (χ3v) is 17.6. The monoisotopic (exact) mass is 1550 g/mol. The topological polar surface area (TPSA) is 252 Å². The second-order valence-electron chi connectivity index (χ2n) is 25.1. The highest BCUT2D eigenvalue weighted by Crippen LogP contribution is 2.49. The fraction of sp³-hybridized carbons (Fsp3) is 0.0652. The summed E-state index contributed by atoms with van der Waals surface area (Å²) in [4.78, 5) is 135. The minimum atomic E-state index is -0.466. The average molecular weight is 1550 g/mol. The van der Waals surface area contributed by atoms with Gasteiger partial charge in [0.25, 0.3) is 59.1 Å².